The van der Waals surface area contributed by atoms with Crippen LogP contribution in [0, 0.1) is 0 Å². The van der Waals surface area contributed by atoms with Crippen LogP contribution in [0.1, 0.15) is 18.1 Å². The molecule has 0 saturated heterocycles. The standard InChI is InChI=1S/C13H21NO2/c1-3-16-9-8-14-10-12-6-4-5-7-13(12)11-15-2/h4-7,14H,3,8-11H2,1-2H3. The zero-order valence-electron chi connectivity index (χ0n) is 10.2. The van der Waals surface area contributed by atoms with Crippen molar-refractivity contribution in [1.82, 2.24) is 5.32 Å². The smallest absolute Gasteiger partial charge is 0.0716 e. The molecule has 0 radical (unpaired) electrons. The van der Waals surface area contributed by atoms with Crippen molar-refractivity contribution in [2.75, 3.05) is 26.9 Å². The zero-order chi connectivity index (χ0) is 11.6. The number of hydrogen-bond donors (Lipinski definition) is 1. The molecule has 90 valence electrons. The number of nitrogens with one attached hydrogen (secondary N) is 1. The number of methoxy groups -OCH3 is 1. The second kappa shape index (κ2) is 8.28. The average Bonchev–Trinajstić information content (AvgIpc) is 2.31. The lowest BCUT2D eigenvalue weighted by Gasteiger charge is -2.09. The third kappa shape index (κ3) is 4.75. The van der Waals surface area contributed by atoms with Gasteiger partial charge >= 0.3 is 0 Å². The molecule has 1 aromatic carbocycles. The minimum Gasteiger partial charge on any atom is -0.380 e. The molecule has 0 aliphatic heterocycles. The zero-order valence-corrected chi connectivity index (χ0v) is 10.2. The Morgan fingerprint density at radius 2 is 1.94 bits per heavy atom. The maximum absolute atomic E-state index is 5.26. The fraction of sp³-hybridized carbons (Fsp3) is 0.538. The molecule has 0 spiro atoms. The minimum atomic E-state index is 0.670. The van der Waals surface area contributed by atoms with Crippen molar-refractivity contribution >= 4 is 0 Å². The molecule has 1 aromatic rings. The van der Waals surface area contributed by atoms with Gasteiger partial charge in [0, 0.05) is 26.8 Å². The summed E-state index contributed by atoms with van der Waals surface area (Å²) in [5, 5.41) is 3.35. The molecule has 0 heterocycles. The Hall–Kier alpha value is -0.900. The number of benzene rings is 1. The molecular weight excluding hydrogens is 202 g/mol. The van der Waals surface area contributed by atoms with Gasteiger partial charge in [0.1, 0.15) is 0 Å². The predicted octanol–water partition coefficient (Wildman–Crippen LogP) is 1.96. The van der Waals surface area contributed by atoms with Crippen molar-refractivity contribution in [2.24, 2.45) is 0 Å². The predicted molar refractivity (Wildman–Crippen MR) is 65.4 cm³/mol. The molecule has 0 unspecified atom stereocenters. The first-order valence-electron chi connectivity index (χ1n) is 5.72. The van der Waals surface area contributed by atoms with Crippen LogP contribution in [0.4, 0.5) is 0 Å². The van der Waals surface area contributed by atoms with Crippen molar-refractivity contribution in [3.05, 3.63) is 35.4 Å². The SMILES string of the molecule is CCOCCNCc1ccccc1COC. The van der Waals surface area contributed by atoms with E-state index in [1.165, 1.54) is 11.1 Å². The van der Waals surface area contributed by atoms with E-state index >= 15 is 0 Å². The van der Waals surface area contributed by atoms with Gasteiger partial charge in [0.15, 0.2) is 0 Å². The molecule has 1 N–H and O–H groups in total. The Kier molecular flexibility index (Phi) is 6.81. The van der Waals surface area contributed by atoms with E-state index in [4.69, 9.17) is 9.47 Å². The maximum Gasteiger partial charge on any atom is 0.0716 e. The van der Waals surface area contributed by atoms with Crippen molar-refractivity contribution in [3.63, 3.8) is 0 Å². The van der Waals surface area contributed by atoms with Crippen LogP contribution in [-0.2, 0) is 22.6 Å². The molecular formula is C13H21NO2. The summed E-state index contributed by atoms with van der Waals surface area (Å²) in [7, 11) is 1.72. The molecule has 3 heteroatoms. The van der Waals surface area contributed by atoms with Crippen LogP contribution in [0.2, 0.25) is 0 Å². The lowest BCUT2D eigenvalue weighted by atomic mass is 10.1. The van der Waals surface area contributed by atoms with Crippen molar-refractivity contribution in [1.29, 1.82) is 0 Å². The summed E-state index contributed by atoms with van der Waals surface area (Å²) in [6.45, 7) is 5.98. The fourth-order valence-corrected chi connectivity index (χ4v) is 1.54. The van der Waals surface area contributed by atoms with Gasteiger partial charge in [-0.15, -0.1) is 0 Å². The van der Waals surface area contributed by atoms with Gasteiger partial charge in [-0.3, -0.25) is 0 Å². The quantitative estimate of drug-likeness (QED) is 0.683. The third-order valence-corrected chi connectivity index (χ3v) is 2.36. The highest BCUT2D eigenvalue weighted by molar-refractivity contribution is 5.26. The Morgan fingerprint density at radius 3 is 2.62 bits per heavy atom. The highest BCUT2D eigenvalue weighted by atomic mass is 16.5. The Morgan fingerprint density at radius 1 is 1.19 bits per heavy atom. The van der Waals surface area contributed by atoms with E-state index in [-0.39, 0.29) is 0 Å². The minimum absolute atomic E-state index is 0.670. The normalized spacial score (nSPS) is 10.6. The van der Waals surface area contributed by atoms with Crippen LogP contribution in [0.25, 0.3) is 0 Å². The van der Waals surface area contributed by atoms with Crippen LogP contribution in [0.15, 0.2) is 24.3 Å². The molecule has 3 nitrogen and oxygen atoms in total. The Labute approximate surface area is 97.8 Å². The van der Waals surface area contributed by atoms with Crippen LogP contribution in [0.3, 0.4) is 0 Å². The molecule has 0 atom stereocenters. The Balaban J connectivity index is 2.34. The van der Waals surface area contributed by atoms with E-state index in [1.54, 1.807) is 7.11 Å². The summed E-state index contributed by atoms with van der Waals surface area (Å²) < 4.78 is 10.4. The number of ether oxygens (including phenoxy) is 2. The lowest BCUT2D eigenvalue weighted by Crippen LogP contribution is -2.20. The van der Waals surface area contributed by atoms with Gasteiger partial charge in [-0.1, -0.05) is 24.3 Å². The topological polar surface area (TPSA) is 30.5 Å². The summed E-state index contributed by atoms with van der Waals surface area (Å²) in [6, 6.07) is 8.32. The fourth-order valence-electron chi connectivity index (χ4n) is 1.54. The van der Waals surface area contributed by atoms with E-state index < -0.39 is 0 Å². The molecule has 0 aliphatic carbocycles. The van der Waals surface area contributed by atoms with E-state index in [0.717, 1.165) is 26.3 Å². The highest BCUT2D eigenvalue weighted by Gasteiger charge is 2.00. The van der Waals surface area contributed by atoms with Crippen LogP contribution >= 0.6 is 0 Å². The van der Waals surface area contributed by atoms with Crippen molar-refractivity contribution in [2.45, 2.75) is 20.1 Å². The van der Waals surface area contributed by atoms with Gasteiger partial charge in [0.2, 0.25) is 0 Å². The van der Waals surface area contributed by atoms with Gasteiger partial charge in [-0.05, 0) is 18.1 Å². The van der Waals surface area contributed by atoms with Gasteiger partial charge in [-0.2, -0.15) is 0 Å². The summed E-state index contributed by atoms with van der Waals surface area (Å²) in [4.78, 5) is 0. The maximum atomic E-state index is 5.26. The van der Waals surface area contributed by atoms with Crippen LogP contribution in [-0.4, -0.2) is 26.9 Å². The molecule has 0 aliphatic rings. The van der Waals surface area contributed by atoms with Crippen molar-refractivity contribution < 1.29 is 9.47 Å². The summed E-state index contributed by atoms with van der Waals surface area (Å²) >= 11 is 0. The van der Waals surface area contributed by atoms with Gasteiger partial charge in [0.25, 0.3) is 0 Å². The summed E-state index contributed by atoms with van der Waals surface area (Å²) in [5.74, 6) is 0. The lowest BCUT2D eigenvalue weighted by molar-refractivity contribution is 0.149. The first-order valence-corrected chi connectivity index (χ1v) is 5.72. The second-order valence-corrected chi connectivity index (χ2v) is 3.58. The first kappa shape index (κ1) is 13.2. The molecule has 0 saturated carbocycles. The molecule has 0 bridgehead atoms. The van der Waals surface area contributed by atoms with E-state index in [0.29, 0.717) is 6.61 Å². The van der Waals surface area contributed by atoms with Gasteiger partial charge in [-0.25, -0.2) is 0 Å². The molecule has 16 heavy (non-hydrogen) atoms. The molecule has 0 amide bonds. The largest absolute Gasteiger partial charge is 0.380 e. The summed E-state index contributed by atoms with van der Waals surface area (Å²) in [6.07, 6.45) is 0. The number of rotatable bonds is 8. The van der Waals surface area contributed by atoms with E-state index in [2.05, 4.69) is 23.5 Å². The monoisotopic (exact) mass is 223 g/mol. The first-order chi connectivity index (χ1) is 7.88. The Bertz CT molecular complexity index is 289. The summed E-state index contributed by atoms with van der Waals surface area (Å²) in [5.41, 5.74) is 2.54. The van der Waals surface area contributed by atoms with Crippen LogP contribution in [0.5, 0.6) is 0 Å². The van der Waals surface area contributed by atoms with Gasteiger partial charge in [0.05, 0.1) is 13.2 Å². The van der Waals surface area contributed by atoms with Crippen LogP contribution < -0.4 is 5.32 Å². The van der Waals surface area contributed by atoms with E-state index in [9.17, 15) is 0 Å². The molecule has 0 aromatic heterocycles. The second-order valence-electron chi connectivity index (χ2n) is 3.58. The highest BCUT2D eigenvalue weighted by Crippen LogP contribution is 2.09. The van der Waals surface area contributed by atoms with Crippen molar-refractivity contribution in [3.8, 4) is 0 Å². The molecule has 1 rings (SSSR count). The number of hydrogen-bond acceptors (Lipinski definition) is 3. The molecule has 0 fully saturated rings. The average molecular weight is 223 g/mol. The van der Waals surface area contributed by atoms with Gasteiger partial charge < -0.3 is 14.8 Å². The third-order valence-electron chi connectivity index (χ3n) is 2.36. The van der Waals surface area contributed by atoms with E-state index in [1.807, 2.05) is 13.0 Å².